The zero-order chi connectivity index (χ0) is 22.1. The van der Waals surface area contributed by atoms with Crippen molar-refractivity contribution in [1.29, 1.82) is 0 Å². The third-order valence-corrected chi connectivity index (χ3v) is 6.31. The normalized spacial score (nSPS) is 22.9. The molecular formula is C22H26FN5O3. The molecule has 1 aromatic rings. The highest BCUT2D eigenvalue weighted by atomic mass is 19.1. The predicted molar refractivity (Wildman–Crippen MR) is 111 cm³/mol. The Hall–Kier alpha value is -3.10. The molecule has 1 saturated heterocycles. The zero-order valence-electron chi connectivity index (χ0n) is 17.7. The van der Waals surface area contributed by atoms with E-state index in [1.807, 2.05) is 0 Å². The number of carbonyl (C=O) groups excluding carboxylic acids is 3. The maximum atomic E-state index is 14.5. The fourth-order valence-corrected chi connectivity index (χ4v) is 4.41. The maximum absolute atomic E-state index is 14.5. The lowest BCUT2D eigenvalue weighted by atomic mass is 9.93. The summed E-state index contributed by atoms with van der Waals surface area (Å²) in [5.41, 5.74) is 2.22. The second-order valence-electron chi connectivity index (χ2n) is 8.30. The molecule has 0 bridgehead atoms. The van der Waals surface area contributed by atoms with Crippen molar-refractivity contribution >= 4 is 17.7 Å². The van der Waals surface area contributed by atoms with E-state index in [2.05, 4.69) is 15.5 Å². The van der Waals surface area contributed by atoms with Crippen molar-refractivity contribution in [3.05, 3.63) is 46.4 Å². The average molecular weight is 427 g/mol. The van der Waals surface area contributed by atoms with E-state index in [-0.39, 0.29) is 35.4 Å². The van der Waals surface area contributed by atoms with Crippen molar-refractivity contribution in [2.24, 2.45) is 10.2 Å². The Balaban J connectivity index is 1.51. The minimum atomic E-state index is -0.576. The van der Waals surface area contributed by atoms with Gasteiger partial charge in [-0.3, -0.25) is 14.4 Å². The molecule has 1 aromatic carbocycles. The summed E-state index contributed by atoms with van der Waals surface area (Å²) in [6, 6.07) is 4.09. The number of benzene rings is 1. The molecule has 2 unspecified atom stereocenters. The van der Waals surface area contributed by atoms with E-state index in [0.29, 0.717) is 37.9 Å². The van der Waals surface area contributed by atoms with Gasteiger partial charge in [0.15, 0.2) is 0 Å². The first kappa shape index (κ1) is 21.1. The van der Waals surface area contributed by atoms with Gasteiger partial charge in [0.1, 0.15) is 11.9 Å². The summed E-state index contributed by atoms with van der Waals surface area (Å²) in [5.74, 6) is -1.31. The Morgan fingerprint density at radius 2 is 2.16 bits per heavy atom. The number of nitrogens with zero attached hydrogens (tertiary/aromatic N) is 4. The third kappa shape index (κ3) is 4.22. The molecule has 0 aromatic heterocycles. The van der Waals surface area contributed by atoms with Crippen molar-refractivity contribution in [2.75, 3.05) is 26.7 Å². The molecule has 2 atom stereocenters. The second kappa shape index (κ2) is 8.56. The van der Waals surface area contributed by atoms with Gasteiger partial charge in [0, 0.05) is 51.3 Å². The summed E-state index contributed by atoms with van der Waals surface area (Å²) in [7, 11) is 1.72. The molecule has 31 heavy (non-hydrogen) atoms. The first-order valence-electron chi connectivity index (χ1n) is 10.6. The molecule has 0 spiro atoms. The van der Waals surface area contributed by atoms with Gasteiger partial charge in [0.25, 0.3) is 11.8 Å². The van der Waals surface area contributed by atoms with Gasteiger partial charge < -0.3 is 15.1 Å². The standard InChI is InChI=1S/C22H26FN5O3/c1-13(29)27(2)15-7-9-28(12-15)22(31)17-10-14(5-6-18(17)23)11-19-20-16(4-3-8-24-20)21(30)26-25-19/h5-6,10,15,19,24H,3-4,7-9,11-12H2,1-2H3. The van der Waals surface area contributed by atoms with Crippen LogP contribution < -0.4 is 5.32 Å². The molecule has 0 radical (unpaired) electrons. The minimum absolute atomic E-state index is 0.0123. The van der Waals surface area contributed by atoms with Crippen LogP contribution in [0, 0.1) is 5.82 Å². The van der Waals surface area contributed by atoms with Crippen molar-refractivity contribution < 1.29 is 18.8 Å². The lowest BCUT2D eigenvalue weighted by Crippen LogP contribution is -2.39. The number of azo groups is 1. The molecule has 1 fully saturated rings. The van der Waals surface area contributed by atoms with Crippen LogP contribution in [-0.2, 0) is 16.0 Å². The van der Waals surface area contributed by atoms with Gasteiger partial charge in [-0.1, -0.05) is 6.07 Å². The third-order valence-electron chi connectivity index (χ3n) is 6.31. The molecule has 0 aliphatic carbocycles. The first-order valence-corrected chi connectivity index (χ1v) is 10.6. The average Bonchev–Trinajstić information content (AvgIpc) is 3.26. The van der Waals surface area contributed by atoms with Crippen LogP contribution in [-0.4, -0.2) is 66.3 Å². The highest BCUT2D eigenvalue weighted by Crippen LogP contribution is 2.27. The van der Waals surface area contributed by atoms with Gasteiger partial charge >= 0.3 is 0 Å². The van der Waals surface area contributed by atoms with Crippen molar-refractivity contribution in [2.45, 2.75) is 44.7 Å². The Labute approximate surface area is 180 Å². The molecule has 3 heterocycles. The Morgan fingerprint density at radius 3 is 2.94 bits per heavy atom. The smallest absolute Gasteiger partial charge is 0.292 e. The van der Waals surface area contributed by atoms with Gasteiger partial charge in [-0.2, -0.15) is 5.11 Å². The van der Waals surface area contributed by atoms with Crippen molar-refractivity contribution in [3.8, 4) is 0 Å². The molecular weight excluding hydrogens is 401 g/mol. The van der Waals surface area contributed by atoms with Gasteiger partial charge in [-0.05, 0) is 37.0 Å². The van der Waals surface area contributed by atoms with E-state index in [1.165, 1.54) is 13.0 Å². The molecule has 0 saturated carbocycles. The summed E-state index contributed by atoms with van der Waals surface area (Å²) in [5, 5.41) is 11.2. The van der Waals surface area contributed by atoms with E-state index in [1.54, 1.807) is 29.0 Å². The Kier molecular flexibility index (Phi) is 5.84. The molecule has 9 heteroatoms. The number of nitrogens with one attached hydrogen (secondary N) is 1. The van der Waals surface area contributed by atoms with Crippen molar-refractivity contribution in [3.63, 3.8) is 0 Å². The molecule has 8 nitrogen and oxygen atoms in total. The summed E-state index contributed by atoms with van der Waals surface area (Å²) in [6.45, 7) is 3.13. The largest absolute Gasteiger partial charge is 0.386 e. The fraction of sp³-hybridized carbons (Fsp3) is 0.500. The van der Waals surface area contributed by atoms with E-state index in [0.717, 1.165) is 24.2 Å². The molecule has 1 N–H and O–H groups in total. The molecule has 3 amide bonds. The lowest BCUT2D eigenvalue weighted by Gasteiger charge is -2.27. The summed E-state index contributed by atoms with van der Waals surface area (Å²) < 4.78 is 14.5. The molecule has 3 aliphatic heterocycles. The van der Waals surface area contributed by atoms with E-state index < -0.39 is 5.82 Å². The van der Waals surface area contributed by atoms with Gasteiger partial charge in [-0.25, -0.2) is 4.39 Å². The van der Waals surface area contributed by atoms with E-state index >= 15 is 0 Å². The van der Waals surface area contributed by atoms with Crippen LogP contribution in [0.4, 0.5) is 4.39 Å². The van der Waals surface area contributed by atoms with E-state index in [9.17, 15) is 18.8 Å². The quantitative estimate of drug-likeness (QED) is 0.796. The number of amides is 3. The van der Waals surface area contributed by atoms with Crippen LogP contribution in [0.1, 0.15) is 42.1 Å². The van der Waals surface area contributed by atoms with Gasteiger partial charge in [-0.15, -0.1) is 5.11 Å². The predicted octanol–water partition coefficient (Wildman–Crippen LogP) is 2.06. The summed E-state index contributed by atoms with van der Waals surface area (Å²) in [4.78, 5) is 39.8. The second-order valence-corrected chi connectivity index (χ2v) is 8.30. The van der Waals surface area contributed by atoms with Crippen LogP contribution in [0.2, 0.25) is 0 Å². The number of likely N-dealkylation sites (N-methyl/N-ethyl adjacent to an activating group) is 1. The van der Waals surface area contributed by atoms with Crippen LogP contribution >= 0.6 is 0 Å². The van der Waals surface area contributed by atoms with Crippen molar-refractivity contribution in [1.82, 2.24) is 15.1 Å². The molecule has 164 valence electrons. The Bertz CT molecular complexity index is 989. The summed E-state index contributed by atoms with van der Waals surface area (Å²) in [6.07, 6.45) is 2.63. The number of halogens is 1. The number of likely N-dealkylation sites (tertiary alicyclic amines) is 1. The number of hydrogen-bond acceptors (Lipinski definition) is 5. The SMILES string of the molecule is CC(=O)N(C)C1CCN(C(=O)c2cc(CC3N=NC(=O)C4=C3NCCC4)ccc2F)C1. The highest BCUT2D eigenvalue weighted by molar-refractivity contribution is 5.96. The van der Waals surface area contributed by atoms with Gasteiger partial charge in [0.05, 0.1) is 11.6 Å². The lowest BCUT2D eigenvalue weighted by molar-refractivity contribution is -0.129. The zero-order valence-corrected chi connectivity index (χ0v) is 17.7. The van der Waals surface area contributed by atoms with Crippen LogP contribution in [0.15, 0.2) is 39.7 Å². The monoisotopic (exact) mass is 427 g/mol. The van der Waals surface area contributed by atoms with Crippen LogP contribution in [0.5, 0.6) is 0 Å². The number of carbonyl (C=O) groups is 3. The topological polar surface area (TPSA) is 94.4 Å². The Morgan fingerprint density at radius 1 is 1.35 bits per heavy atom. The number of hydrogen-bond donors (Lipinski definition) is 1. The first-order chi connectivity index (χ1) is 14.8. The maximum Gasteiger partial charge on any atom is 0.292 e. The van der Waals surface area contributed by atoms with Gasteiger partial charge in [0.2, 0.25) is 5.91 Å². The highest BCUT2D eigenvalue weighted by Gasteiger charge is 2.32. The fourth-order valence-electron chi connectivity index (χ4n) is 4.41. The van der Waals surface area contributed by atoms with Crippen LogP contribution in [0.3, 0.4) is 0 Å². The molecule has 4 rings (SSSR count). The van der Waals surface area contributed by atoms with E-state index in [4.69, 9.17) is 0 Å². The summed E-state index contributed by atoms with van der Waals surface area (Å²) >= 11 is 0. The number of rotatable bonds is 4. The van der Waals surface area contributed by atoms with Crippen LogP contribution in [0.25, 0.3) is 0 Å². The minimum Gasteiger partial charge on any atom is -0.386 e. The molecule has 3 aliphatic rings.